The van der Waals surface area contributed by atoms with Crippen molar-refractivity contribution < 1.29 is 22.3 Å². The Bertz CT molecular complexity index is 717. The Labute approximate surface area is 146 Å². The topological polar surface area (TPSA) is 72.5 Å². The summed E-state index contributed by atoms with van der Waals surface area (Å²) >= 11 is 6.02. The first kappa shape index (κ1) is 19.0. The lowest BCUT2D eigenvalue weighted by atomic mass is 9.83. The van der Waals surface area contributed by atoms with Gasteiger partial charge < -0.3 is 4.74 Å². The van der Waals surface area contributed by atoms with Crippen molar-refractivity contribution in [2.24, 2.45) is 5.92 Å². The van der Waals surface area contributed by atoms with Crippen LogP contribution in [0.1, 0.15) is 49.9 Å². The molecule has 5 nitrogen and oxygen atoms in total. The third-order valence-electron chi connectivity index (χ3n) is 4.13. The normalized spacial score (nSPS) is 15.2. The van der Waals surface area contributed by atoms with Gasteiger partial charge in [-0.15, -0.1) is 0 Å². The number of sulfonamides is 1. The summed E-state index contributed by atoms with van der Waals surface area (Å²) in [6.07, 6.45) is 4.50. The number of rotatable bonds is 7. The highest BCUT2D eigenvalue weighted by Crippen LogP contribution is 2.31. The van der Waals surface area contributed by atoms with Crippen LogP contribution in [0.25, 0.3) is 0 Å². The zero-order valence-electron chi connectivity index (χ0n) is 13.6. The van der Waals surface area contributed by atoms with Crippen molar-refractivity contribution in [3.8, 4) is 5.75 Å². The van der Waals surface area contributed by atoms with Crippen LogP contribution in [-0.2, 0) is 10.0 Å². The number of carbonyl (C=O) groups excluding carboxylic acids is 1. The van der Waals surface area contributed by atoms with E-state index >= 15 is 0 Å². The van der Waals surface area contributed by atoms with Crippen molar-refractivity contribution in [2.75, 3.05) is 6.61 Å². The third kappa shape index (κ3) is 4.60. The van der Waals surface area contributed by atoms with E-state index in [0.717, 1.165) is 18.6 Å². The first-order valence-electron chi connectivity index (χ1n) is 7.88. The van der Waals surface area contributed by atoms with Crippen molar-refractivity contribution >= 4 is 27.5 Å². The predicted molar refractivity (Wildman–Crippen MR) is 90.4 cm³/mol. The maximum absolute atomic E-state index is 14.1. The zero-order valence-corrected chi connectivity index (χ0v) is 15.2. The summed E-state index contributed by atoms with van der Waals surface area (Å²) in [6.45, 7) is 3.26. The lowest BCUT2D eigenvalue weighted by Gasteiger charge is -2.25. The predicted octanol–water partition coefficient (Wildman–Crippen LogP) is 3.52. The number of benzene rings is 1. The molecule has 0 bridgehead atoms. The highest BCUT2D eigenvalue weighted by Gasteiger charge is 2.23. The number of ether oxygens (including phenoxy) is 1. The van der Waals surface area contributed by atoms with Gasteiger partial charge in [-0.25, -0.2) is 17.5 Å². The van der Waals surface area contributed by atoms with Crippen LogP contribution in [-0.4, -0.2) is 26.2 Å². The maximum atomic E-state index is 14.1. The maximum Gasteiger partial charge on any atom is 0.267 e. The average Bonchev–Trinajstić information content (AvgIpc) is 2.43. The highest BCUT2D eigenvalue weighted by molar-refractivity contribution is 7.90. The fraction of sp³-hybridized carbons (Fsp3) is 0.562. The Balaban J connectivity index is 2.06. The summed E-state index contributed by atoms with van der Waals surface area (Å²) in [5.41, 5.74) is -0.435. The summed E-state index contributed by atoms with van der Waals surface area (Å²) in [4.78, 5) is 12.0. The Morgan fingerprint density at radius 1 is 1.42 bits per heavy atom. The highest BCUT2D eigenvalue weighted by atomic mass is 35.5. The molecular weight excluding hydrogens is 357 g/mol. The van der Waals surface area contributed by atoms with Crippen LogP contribution in [0.15, 0.2) is 12.1 Å². The molecule has 1 aliphatic carbocycles. The van der Waals surface area contributed by atoms with Crippen LogP contribution in [0.2, 0.25) is 5.02 Å². The van der Waals surface area contributed by atoms with Gasteiger partial charge in [0.2, 0.25) is 10.0 Å². The third-order valence-corrected chi connectivity index (χ3v) is 6.14. The second-order valence-electron chi connectivity index (χ2n) is 6.22. The molecule has 1 N–H and O–H groups in total. The van der Waals surface area contributed by atoms with E-state index in [0.29, 0.717) is 12.5 Å². The van der Waals surface area contributed by atoms with Gasteiger partial charge in [0, 0.05) is 6.07 Å². The van der Waals surface area contributed by atoms with E-state index in [2.05, 4.69) is 0 Å². The van der Waals surface area contributed by atoms with E-state index in [-0.39, 0.29) is 10.8 Å². The van der Waals surface area contributed by atoms with Crippen molar-refractivity contribution in [2.45, 2.75) is 44.8 Å². The van der Waals surface area contributed by atoms with Gasteiger partial charge in [-0.05, 0) is 32.3 Å². The molecule has 0 heterocycles. The van der Waals surface area contributed by atoms with Crippen LogP contribution in [0.4, 0.5) is 4.39 Å². The molecule has 1 aromatic rings. The SMILES string of the molecule is CC(C)S(=O)(=O)NC(=O)c1cc(Cl)c(OCCC2CCC2)cc1F. The molecule has 1 saturated carbocycles. The van der Waals surface area contributed by atoms with E-state index in [4.69, 9.17) is 16.3 Å². The van der Waals surface area contributed by atoms with Crippen LogP contribution in [0, 0.1) is 11.7 Å². The van der Waals surface area contributed by atoms with E-state index in [9.17, 15) is 17.6 Å². The number of nitrogens with one attached hydrogen (secondary N) is 1. The summed E-state index contributed by atoms with van der Waals surface area (Å²) in [5.74, 6) is -1.13. The van der Waals surface area contributed by atoms with Crippen molar-refractivity contribution in [3.05, 3.63) is 28.5 Å². The van der Waals surface area contributed by atoms with Gasteiger partial charge in [0.05, 0.1) is 22.4 Å². The minimum absolute atomic E-state index is 0.0668. The van der Waals surface area contributed by atoms with E-state index < -0.39 is 32.6 Å². The molecule has 1 amide bonds. The van der Waals surface area contributed by atoms with E-state index in [1.807, 2.05) is 4.72 Å². The van der Waals surface area contributed by atoms with Gasteiger partial charge in [0.15, 0.2) is 0 Å². The summed E-state index contributed by atoms with van der Waals surface area (Å²) in [5, 5.41) is -0.744. The number of hydrogen-bond donors (Lipinski definition) is 1. The van der Waals surface area contributed by atoms with Gasteiger partial charge in [-0.2, -0.15) is 0 Å². The van der Waals surface area contributed by atoms with Crippen molar-refractivity contribution in [1.29, 1.82) is 0 Å². The van der Waals surface area contributed by atoms with Gasteiger partial charge in [-0.3, -0.25) is 4.79 Å². The smallest absolute Gasteiger partial charge is 0.267 e. The molecule has 1 fully saturated rings. The molecule has 24 heavy (non-hydrogen) atoms. The van der Waals surface area contributed by atoms with Crippen LogP contribution in [0.3, 0.4) is 0 Å². The largest absolute Gasteiger partial charge is 0.492 e. The Kier molecular flexibility index (Phi) is 6.09. The lowest BCUT2D eigenvalue weighted by Crippen LogP contribution is -2.36. The lowest BCUT2D eigenvalue weighted by molar-refractivity contribution is 0.0977. The molecule has 1 aliphatic rings. The summed E-state index contributed by atoms with van der Waals surface area (Å²) < 4.78 is 44.8. The van der Waals surface area contributed by atoms with Gasteiger partial charge in [0.1, 0.15) is 11.6 Å². The Morgan fingerprint density at radius 2 is 2.08 bits per heavy atom. The number of amides is 1. The van der Waals surface area contributed by atoms with Crippen LogP contribution >= 0.6 is 11.6 Å². The molecular formula is C16H21ClFNO4S. The molecule has 134 valence electrons. The minimum atomic E-state index is -3.85. The monoisotopic (exact) mass is 377 g/mol. The average molecular weight is 378 g/mol. The molecule has 8 heteroatoms. The second kappa shape index (κ2) is 7.70. The Hall–Kier alpha value is -1.34. The molecule has 0 aromatic heterocycles. The molecule has 0 unspecified atom stereocenters. The standard InChI is InChI=1S/C16H21ClFNO4S/c1-10(2)24(21,22)19-16(20)12-8-13(17)15(9-14(12)18)23-7-6-11-4-3-5-11/h8-11H,3-7H2,1-2H3,(H,19,20). The molecule has 0 saturated heterocycles. The molecule has 0 spiro atoms. The first-order chi connectivity index (χ1) is 11.2. The van der Waals surface area contributed by atoms with E-state index in [1.165, 1.54) is 33.1 Å². The summed E-state index contributed by atoms with van der Waals surface area (Å²) in [6, 6.07) is 2.10. The Morgan fingerprint density at radius 3 is 2.62 bits per heavy atom. The van der Waals surface area contributed by atoms with Crippen LogP contribution < -0.4 is 9.46 Å². The van der Waals surface area contributed by atoms with Gasteiger partial charge >= 0.3 is 0 Å². The number of hydrogen-bond acceptors (Lipinski definition) is 4. The zero-order chi connectivity index (χ0) is 17.9. The van der Waals surface area contributed by atoms with Gasteiger partial charge in [0.25, 0.3) is 5.91 Å². The molecule has 2 rings (SSSR count). The quantitative estimate of drug-likeness (QED) is 0.789. The number of halogens is 2. The minimum Gasteiger partial charge on any atom is -0.492 e. The summed E-state index contributed by atoms with van der Waals surface area (Å²) in [7, 11) is -3.85. The molecule has 0 aliphatic heterocycles. The van der Waals surface area contributed by atoms with Crippen LogP contribution in [0.5, 0.6) is 5.75 Å². The first-order valence-corrected chi connectivity index (χ1v) is 9.81. The molecule has 0 radical (unpaired) electrons. The fourth-order valence-electron chi connectivity index (χ4n) is 2.23. The van der Waals surface area contributed by atoms with E-state index in [1.54, 1.807) is 0 Å². The second-order valence-corrected chi connectivity index (χ2v) is 8.87. The molecule has 0 atom stereocenters. The fourth-order valence-corrected chi connectivity index (χ4v) is 3.05. The van der Waals surface area contributed by atoms with Crippen molar-refractivity contribution in [1.82, 2.24) is 4.72 Å². The van der Waals surface area contributed by atoms with Crippen molar-refractivity contribution in [3.63, 3.8) is 0 Å². The number of carbonyl (C=O) groups is 1. The van der Waals surface area contributed by atoms with Gasteiger partial charge in [-0.1, -0.05) is 30.9 Å². The molecule has 1 aromatic carbocycles.